The lowest BCUT2D eigenvalue weighted by Crippen LogP contribution is -2.09. The Morgan fingerprint density at radius 3 is 2.77 bits per heavy atom. The van der Waals surface area contributed by atoms with E-state index >= 15 is 0 Å². The van der Waals surface area contributed by atoms with Gasteiger partial charge in [-0.3, -0.25) is 14.7 Å². The van der Waals surface area contributed by atoms with Crippen LogP contribution < -0.4 is 0 Å². The average Bonchev–Trinajstić information content (AvgIpc) is 2.96. The molecule has 0 unspecified atom stereocenters. The molecular weight excluding hydrogens is 286 g/mol. The highest BCUT2D eigenvalue weighted by atomic mass is 16.6. The number of hydrogen-bond acceptors (Lipinski definition) is 5. The summed E-state index contributed by atoms with van der Waals surface area (Å²) < 4.78 is 6.54. The lowest BCUT2D eigenvalue weighted by atomic mass is 10.1. The van der Waals surface area contributed by atoms with Crippen LogP contribution in [0.15, 0.2) is 30.6 Å². The van der Waals surface area contributed by atoms with E-state index in [1.165, 1.54) is 18.2 Å². The zero-order valence-corrected chi connectivity index (χ0v) is 12.6. The van der Waals surface area contributed by atoms with Gasteiger partial charge in [0.2, 0.25) is 0 Å². The van der Waals surface area contributed by atoms with Crippen molar-refractivity contribution < 1.29 is 14.5 Å². The summed E-state index contributed by atoms with van der Waals surface area (Å²) in [4.78, 5) is 26.8. The van der Waals surface area contributed by atoms with Gasteiger partial charge in [0.1, 0.15) is 11.5 Å². The average molecular weight is 303 g/mol. The monoisotopic (exact) mass is 303 g/mol. The summed E-state index contributed by atoms with van der Waals surface area (Å²) in [6.07, 6.45) is 3.26. The van der Waals surface area contributed by atoms with Crippen molar-refractivity contribution in [3.8, 4) is 5.69 Å². The number of hydrogen-bond donors (Lipinski definition) is 0. The third kappa shape index (κ3) is 2.98. The van der Waals surface area contributed by atoms with Crippen LogP contribution in [0, 0.1) is 10.1 Å². The minimum absolute atomic E-state index is 0.110. The Hall–Kier alpha value is -2.70. The van der Waals surface area contributed by atoms with Gasteiger partial charge in [0, 0.05) is 24.4 Å². The molecule has 0 aliphatic rings. The van der Waals surface area contributed by atoms with Crippen LogP contribution in [-0.2, 0) is 4.74 Å². The second-order valence-electron chi connectivity index (χ2n) is 4.99. The number of carbonyl (C=O) groups is 1. The number of carbonyl (C=O) groups excluding carboxylic acids is 1. The summed E-state index contributed by atoms with van der Waals surface area (Å²) in [7, 11) is 0. The van der Waals surface area contributed by atoms with Crippen LogP contribution >= 0.6 is 0 Å². The van der Waals surface area contributed by atoms with Gasteiger partial charge in [0.05, 0.1) is 17.1 Å². The van der Waals surface area contributed by atoms with E-state index in [1.54, 1.807) is 23.9 Å². The standard InChI is InChI=1S/C15H17N3O4/c1-4-22-15(19)11-5-6-12(13(9-11)18(20)21)17-8-7-16-14(17)10(2)3/h5-10H,4H2,1-3H3. The van der Waals surface area contributed by atoms with Crippen LogP contribution in [0.3, 0.4) is 0 Å². The SMILES string of the molecule is CCOC(=O)c1ccc(-n2ccnc2C(C)C)c([N+](=O)[O-])c1. The molecule has 0 atom stereocenters. The largest absolute Gasteiger partial charge is 0.462 e. The van der Waals surface area contributed by atoms with E-state index in [9.17, 15) is 14.9 Å². The van der Waals surface area contributed by atoms with Gasteiger partial charge in [0.15, 0.2) is 0 Å². The highest BCUT2D eigenvalue weighted by Gasteiger charge is 2.21. The smallest absolute Gasteiger partial charge is 0.338 e. The van der Waals surface area contributed by atoms with E-state index in [0.717, 1.165) is 0 Å². The molecule has 0 spiro atoms. The molecule has 0 saturated heterocycles. The van der Waals surface area contributed by atoms with Crippen molar-refractivity contribution >= 4 is 11.7 Å². The fourth-order valence-electron chi connectivity index (χ4n) is 2.16. The quantitative estimate of drug-likeness (QED) is 0.481. The number of benzene rings is 1. The van der Waals surface area contributed by atoms with E-state index in [0.29, 0.717) is 11.5 Å². The molecule has 0 fully saturated rings. The predicted octanol–water partition coefficient (Wildman–Crippen LogP) is 3.08. The van der Waals surface area contributed by atoms with E-state index in [4.69, 9.17) is 4.74 Å². The maximum atomic E-state index is 11.7. The molecule has 116 valence electrons. The molecule has 0 aliphatic heterocycles. The molecule has 22 heavy (non-hydrogen) atoms. The Kier molecular flexibility index (Phi) is 4.55. The summed E-state index contributed by atoms with van der Waals surface area (Å²) in [6, 6.07) is 4.29. The molecule has 1 aromatic carbocycles. The topological polar surface area (TPSA) is 87.3 Å². The van der Waals surface area contributed by atoms with Crippen LogP contribution in [0.25, 0.3) is 5.69 Å². The van der Waals surface area contributed by atoms with Crippen molar-refractivity contribution in [2.45, 2.75) is 26.7 Å². The van der Waals surface area contributed by atoms with Crippen LogP contribution in [0.5, 0.6) is 0 Å². The molecule has 7 heteroatoms. The van der Waals surface area contributed by atoms with Gasteiger partial charge in [-0.1, -0.05) is 13.8 Å². The van der Waals surface area contributed by atoms with E-state index in [-0.39, 0.29) is 23.8 Å². The molecule has 0 aliphatic carbocycles. The third-order valence-corrected chi connectivity index (χ3v) is 3.13. The van der Waals surface area contributed by atoms with Crippen molar-refractivity contribution in [2.75, 3.05) is 6.61 Å². The molecule has 1 aromatic heterocycles. The first-order chi connectivity index (χ1) is 10.5. The Morgan fingerprint density at radius 1 is 1.45 bits per heavy atom. The normalized spacial score (nSPS) is 10.7. The lowest BCUT2D eigenvalue weighted by molar-refractivity contribution is -0.384. The highest BCUT2D eigenvalue weighted by Crippen LogP contribution is 2.27. The molecule has 0 saturated carbocycles. The van der Waals surface area contributed by atoms with Crippen LogP contribution in [0.2, 0.25) is 0 Å². The van der Waals surface area contributed by atoms with Gasteiger partial charge in [-0.25, -0.2) is 9.78 Å². The molecule has 2 rings (SSSR count). The molecule has 0 radical (unpaired) electrons. The second kappa shape index (κ2) is 6.38. The minimum Gasteiger partial charge on any atom is -0.462 e. The van der Waals surface area contributed by atoms with Gasteiger partial charge in [-0.15, -0.1) is 0 Å². The molecule has 0 N–H and O–H groups in total. The summed E-state index contributed by atoms with van der Waals surface area (Å²) in [5, 5.41) is 11.4. The number of rotatable bonds is 5. The van der Waals surface area contributed by atoms with Crippen molar-refractivity contribution in [1.29, 1.82) is 0 Å². The first-order valence-electron chi connectivity index (χ1n) is 6.94. The molecule has 1 heterocycles. The number of aromatic nitrogens is 2. The zero-order valence-electron chi connectivity index (χ0n) is 12.6. The number of nitrogens with zero attached hydrogens (tertiary/aromatic N) is 3. The van der Waals surface area contributed by atoms with Gasteiger partial charge in [-0.2, -0.15) is 0 Å². The summed E-state index contributed by atoms with van der Waals surface area (Å²) in [6.45, 7) is 5.81. The first-order valence-corrected chi connectivity index (χ1v) is 6.94. The summed E-state index contributed by atoms with van der Waals surface area (Å²) >= 11 is 0. The molecule has 0 amide bonds. The fraction of sp³-hybridized carbons (Fsp3) is 0.333. The van der Waals surface area contributed by atoms with Gasteiger partial charge in [-0.05, 0) is 19.1 Å². The van der Waals surface area contributed by atoms with Crippen molar-refractivity contribution in [3.05, 3.63) is 52.1 Å². The third-order valence-electron chi connectivity index (χ3n) is 3.13. The maximum absolute atomic E-state index is 11.7. The minimum atomic E-state index is -0.577. The Morgan fingerprint density at radius 2 is 2.18 bits per heavy atom. The number of nitro groups is 1. The number of nitro benzene ring substituents is 1. The van der Waals surface area contributed by atoms with E-state index < -0.39 is 10.9 Å². The molecule has 2 aromatic rings. The second-order valence-corrected chi connectivity index (χ2v) is 4.99. The maximum Gasteiger partial charge on any atom is 0.338 e. The molecular formula is C15H17N3O4. The first kappa shape index (κ1) is 15.7. The molecule has 0 bridgehead atoms. The number of esters is 1. The van der Waals surface area contributed by atoms with E-state index in [2.05, 4.69) is 4.98 Å². The highest BCUT2D eigenvalue weighted by molar-refractivity contribution is 5.90. The molecule has 7 nitrogen and oxygen atoms in total. The number of ether oxygens (including phenoxy) is 1. The Balaban J connectivity index is 2.55. The van der Waals surface area contributed by atoms with Gasteiger partial charge in [0.25, 0.3) is 5.69 Å². The predicted molar refractivity (Wildman–Crippen MR) is 80.3 cm³/mol. The van der Waals surface area contributed by atoms with Crippen LogP contribution in [0.1, 0.15) is 42.9 Å². The van der Waals surface area contributed by atoms with E-state index in [1.807, 2.05) is 13.8 Å². The van der Waals surface area contributed by atoms with Gasteiger partial charge < -0.3 is 4.74 Å². The van der Waals surface area contributed by atoms with Crippen molar-refractivity contribution in [2.24, 2.45) is 0 Å². The number of imidazole rings is 1. The summed E-state index contributed by atoms with van der Waals surface area (Å²) in [5.41, 5.74) is 0.369. The Labute approximate surface area is 127 Å². The van der Waals surface area contributed by atoms with Crippen molar-refractivity contribution in [1.82, 2.24) is 9.55 Å². The lowest BCUT2D eigenvalue weighted by Gasteiger charge is -2.11. The Bertz CT molecular complexity index is 707. The van der Waals surface area contributed by atoms with Crippen molar-refractivity contribution in [3.63, 3.8) is 0 Å². The summed E-state index contributed by atoms with van der Waals surface area (Å²) in [5.74, 6) is 0.248. The zero-order chi connectivity index (χ0) is 16.3. The fourth-order valence-corrected chi connectivity index (χ4v) is 2.16. The van der Waals surface area contributed by atoms with Crippen LogP contribution in [-0.4, -0.2) is 27.1 Å². The van der Waals surface area contributed by atoms with Gasteiger partial charge >= 0.3 is 5.97 Å². The van der Waals surface area contributed by atoms with Crippen LogP contribution in [0.4, 0.5) is 5.69 Å².